The van der Waals surface area contributed by atoms with Crippen LogP contribution in [0.15, 0.2) is 35.3 Å². The highest BCUT2D eigenvalue weighted by atomic mass is 32.2. The number of benzene rings is 1. The fourth-order valence-electron chi connectivity index (χ4n) is 1.94. The molecule has 0 fully saturated rings. The van der Waals surface area contributed by atoms with Crippen LogP contribution in [-0.2, 0) is 17.1 Å². The van der Waals surface area contributed by atoms with Crippen molar-refractivity contribution >= 4 is 21.6 Å². The molecule has 2 N–H and O–H groups in total. The highest BCUT2D eigenvalue weighted by molar-refractivity contribution is 7.89. The first-order valence-electron chi connectivity index (χ1n) is 12.3. The van der Waals surface area contributed by atoms with Gasteiger partial charge in [-0.3, -0.25) is 4.79 Å². The quantitative estimate of drug-likeness (QED) is 0.858. The molecule has 0 saturated carbocycles. The van der Waals surface area contributed by atoms with Crippen LogP contribution in [0.4, 0.5) is 10.1 Å². The summed E-state index contributed by atoms with van der Waals surface area (Å²) in [6.07, 6.45) is 0.805. The van der Waals surface area contributed by atoms with E-state index in [1.165, 1.54) is 18.7 Å². The lowest BCUT2D eigenvalue weighted by atomic mass is 10.1. The molecule has 2 rings (SSSR count). The van der Waals surface area contributed by atoms with Crippen molar-refractivity contribution in [1.29, 1.82) is 0 Å². The van der Waals surface area contributed by atoms with Gasteiger partial charge < -0.3 is 9.88 Å². The number of sulfonamides is 1. The van der Waals surface area contributed by atoms with E-state index in [2.05, 4.69) is 5.32 Å². The molecule has 0 unspecified atom stereocenters. The fraction of sp³-hybridized carbons (Fsp3) is 0.353. The molecule has 1 amide bonds. The Hall–Kier alpha value is -2.19. The number of hydrogen-bond acceptors (Lipinski definition) is 3. The minimum Gasteiger partial charge on any atom is -0.345 e. The van der Waals surface area contributed by atoms with Crippen LogP contribution in [0.1, 0.15) is 51.7 Å². The lowest BCUT2D eigenvalue weighted by molar-refractivity contribution is 0.101. The SMILES string of the molecule is [2H]c1cc(F)c(C)c([2H])c1NC(=O)c1cc(S(=O)(=O)NC(C([2H])([2H])[2H])(C([2H])([2H])[2H])C([2H])([2H])[2H])cn1C. The molecule has 0 radical (unpaired) electrons. The van der Waals surface area contributed by atoms with E-state index in [9.17, 15) is 17.6 Å². The molecule has 1 aromatic carbocycles. The van der Waals surface area contributed by atoms with Gasteiger partial charge in [-0.15, -0.1) is 0 Å². The van der Waals surface area contributed by atoms with Gasteiger partial charge in [0.2, 0.25) is 10.0 Å². The number of nitrogens with one attached hydrogen (secondary N) is 2. The van der Waals surface area contributed by atoms with Crippen LogP contribution >= 0.6 is 0 Å². The number of rotatable bonds is 4. The molecule has 0 aliphatic carbocycles. The molecular formula is C17H22FN3O3S. The molecule has 1 heterocycles. The third-order valence-electron chi connectivity index (χ3n) is 3.06. The predicted molar refractivity (Wildman–Crippen MR) is 94.6 cm³/mol. The molecule has 0 aliphatic rings. The van der Waals surface area contributed by atoms with E-state index in [0.717, 1.165) is 16.8 Å². The smallest absolute Gasteiger partial charge is 0.272 e. The summed E-state index contributed by atoms with van der Waals surface area (Å²) >= 11 is 0. The normalized spacial score (nSPS) is 20.2. The second kappa shape index (κ2) is 6.61. The average Bonchev–Trinajstić information content (AvgIpc) is 3.07. The molecule has 0 saturated heterocycles. The van der Waals surface area contributed by atoms with Gasteiger partial charge in [-0.25, -0.2) is 17.5 Å². The Balaban J connectivity index is 2.56. The highest BCUT2D eigenvalue weighted by Gasteiger charge is 2.25. The lowest BCUT2D eigenvalue weighted by Crippen LogP contribution is -2.40. The predicted octanol–water partition coefficient (Wildman–Crippen LogP) is 2.80. The second-order valence-electron chi connectivity index (χ2n) is 5.24. The molecule has 0 spiro atoms. The van der Waals surface area contributed by atoms with Crippen LogP contribution < -0.4 is 10.0 Å². The maximum atomic E-state index is 13.7. The highest BCUT2D eigenvalue weighted by Crippen LogP contribution is 2.18. The number of nitrogens with zero attached hydrogens (tertiary/aromatic N) is 1. The van der Waals surface area contributed by atoms with E-state index in [4.69, 9.17) is 15.1 Å². The number of carbonyl (C=O) groups excluding carboxylic acids is 1. The first-order chi connectivity index (χ1) is 16.0. The van der Waals surface area contributed by atoms with E-state index in [1.807, 2.05) is 0 Å². The Bertz CT molecular complexity index is 1260. The molecule has 136 valence electrons. The van der Waals surface area contributed by atoms with Crippen molar-refractivity contribution in [2.45, 2.75) is 37.9 Å². The van der Waals surface area contributed by atoms with Crippen LogP contribution in [0.25, 0.3) is 0 Å². The van der Waals surface area contributed by atoms with Gasteiger partial charge in [0.25, 0.3) is 5.91 Å². The van der Waals surface area contributed by atoms with Gasteiger partial charge >= 0.3 is 0 Å². The van der Waals surface area contributed by atoms with Crippen molar-refractivity contribution in [1.82, 2.24) is 9.29 Å². The van der Waals surface area contributed by atoms with Crippen molar-refractivity contribution in [2.75, 3.05) is 5.32 Å². The molecule has 0 atom stereocenters. The van der Waals surface area contributed by atoms with Crippen molar-refractivity contribution < 1.29 is 32.7 Å². The van der Waals surface area contributed by atoms with Crippen LogP contribution in [-0.4, -0.2) is 24.4 Å². The lowest BCUT2D eigenvalue weighted by Gasteiger charge is -2.19. The van der Waals surface area contributed by atoms with Crippen molar-refractivity contribution in [3.05, 3.63) is 47.5 Å². The number of hydrogen-bond donors (Lipinski definition) is 2. The fourth-order valence-corrected chi connectivity index (χ4v) is 3.02. The Morgan fingerprint density at radius 1 is 1.40 bits per heavy atom. The molecule has 2 aromatic rings. The second-order valence-corrected chi connectivity index (χ2v) is 6.93. The summed E-state index contributed by atoms with van der Waals surface area (Å²) in [4.78, 5) is 11.9. The summed E-state index contributed by atoms with van der Waals surface area (Å²) in [5, 5.41) is 2.20. The van der Waals surface area contributed by atoms with Gasteiger partial charge in [0, 0.05) is 36.8 Å². The molecule has 0 bridgehead atoms. The third-order valence-corrected chi connectivity index (χ3v) is 4.48. The van der Waals surface area contributed by atoms with E-state index < -0.39 is 70.5 Å². The number of anilines is 1. The first-order valence-corrected chi connectivity index (χ1v) is 8.24. The number of aryl methyl sites for hydroxylation is 1. The molecule has 25 heavy (non-hydrogen) atoms. The zero-order chi connectivity index (χ0) is 28.2. The number of halogens is 1. The zero-order valence-corrected chi connectivity index (χ0v) is 14.0. The molecular weight excluding hydrogens is 345 g/mol. The van der Waals surface area contributed by atoms with E-state index in [0.29, 0.717) is 6.07 Å². The van der Waals surface area contributed by atoms with Crippen molar-refractivity contribution in [2.24, 2.45) is 7.05 Å². The van der Waals surface area contributed by atoms with Gasteiger partial charge in [0.15, 0.2) is 0 Å². The van der Waals surface area contributed by atoms with Gasteiger partial charge in [0.05, 0.1) is 2.74 Å². The van der Waals surface area contributed by atoms with Gasteiger partial charge in [-0.1, -0.05) is 0 Å². The largest absolute Gasteiger partial charge is 0.345 e. The van der Waals surface area contributed by atoms with Crippen LogP contribution in [0, 0.1) is 12.7 Å². The zero-order valence-electron chi connectivity index (χ0n) is 24.2. The number of amides is 1. The summed E-state index contributed by atoms with van der Waals surface area (Å²) in [5.41, 5.74) is -4.81. The average molecular weight is 379 g/mol. The van der Waals surface area contributed by atoms with Gasteiger partial charge in [-0.2, -0.15) is 0 Å². The maximum absolute atomic E-state index is 13.7. The van der Waals surface area contributed by atoms with E-state index in [-0.39, 0.29) is 11.3 Å². The van der Waals surface area contributed by atoms with Crippen molar-refractivity contribution in [3.63, 3.8) is 0 Å². The van der Waals surface area contributed by atoms with Gasteiger partial charge in [0.1, 0.15) is 16.4 Å². The van der Waals surface area contributed by atoms with Crippen molar-refractivity contribution in [3.8, 4) is 0 Å². The Labute approximate surface area is 162 Å². The Kier molecular flexibility index (Phi) is 2.37. The maximum Gasteiger partial charge on any atom is 0.272 e. The number of carbonyl (C=O) groups is 1. The monoisotopic (exact) mass is 378 g/mol. The topological polar surface area (TPSA) is 80.2 Å². The standard InChI is InChI=1S/C17H22FN3O3S/c1-11-8-12(6-7-14(11)18)19-16(22)15-9-13(10-21(15)5)25(23,24)20-17(2,3)4/h6-10,20H,1-5H3,(H,19,22)/i2D3,3D3,4D3,6D,8D. The van der Waals surface area contributed by atoms with Gasteiger partial charge in [-0.05, 0) is 57.3 Å². The molecule has 8 heteroatoms. The summed E-state index contributed by atoms with van der Waals surface area (Å²) in [5.74, 6) is -1.89. The summed E-state index contributed by atoms with van der Waals surface area (Å²) in [7, 11) is -3.95. The minimum atomic E-state index is -5.16. The molecule has 1 aromatic heterocycles. The van der Waals surface area contributed by atoms with Crippen LogP contribution in [0.2, 0.25) is 0 Å². The van der Waals surface area contributed by atoms with E-state index >= 15 is 0 Å². The third kappa shape index (κ3) is 4.67. The number of aromatic nitrogens is 1. The molecule has 6 nitrogen and oxygen atoms in total. The van der Waals surface area contributed by atoms with Crippen LogP contribution in [0.3, 0.4) is 0 Å². The minimum absolute atomic E-state index is 0.156. The van der Waals surface area contributed by atoms with Crippen LogP contribution in [0.5, 0.6) is 0 Å². The Morgan fingerprint density at radius 2 is 2.08 bits per heavy atom. The first kappa shape index (κ1) is 8.95. The summed E-state index contributed by atoms with van der Waals surface area (Å²) < 4.78 is 126. The molecule has 0 aliphatic heterocycles. The summed E-state index contributed by atoms with van der Waals surface area (Å²) in [6.45, 7) is -10.3. The van der Waals surface area contributed by atoms with E-state index in [1.54, 1.807) is 0 Å². The summed E-state index contributed by atoms with van der Waals surface area (Å²) in [6, 6.07) is 0.462. The Morgan fingerprint density at radius 3 is 2.72 bits per heavy atom.